The number of carboxylic acid groups (broad SMARTS) is 1. The first kappa shape index (κ1) is 29.0. The molecule has 2 fully saturated rings. The van der Waals surface area contributed by atoms with Gasteiger partial charge in [-0.25, -0.2) is 0 Å². The van der Waals surface area contributed by atoms with E-state index in [0.29, 0.717) is 6.42 Å². The van der Waals surface area contributed by atoms with Crippen LogP contribution in [0, 0.1) is 10.8 Å². The average molecular weight is 503 g/mol. The van der Waals surface area contributed by atoms with Gasteiger partial charge in [0, 0.05) is 19.4 Å². The van der Waals surface area contributed by atoms with Gasteiger partial charge >= 0.3 is 5.97 Å². The predicted molar refractivity (Wildman–Crippen MR) is 138 cm³/mol. The summed E-state index contributed by atoms with van der Waals surface area (Å²) in [5, 5.41) is 19.2. The van der Waals surface area contributed by atoms with Crippen molar-refractivity contribution in [1.29, 1.82) is 0 Å². The third-order valence-electron chi connectivity index (χ3n) is 7.56. The third kappa shape index (κ3) is 9.06. The summed E-state index contributed by atoms with van der Waals surface area (Å²) >= 11 is -1.74. The third-order valence-corrected chi connectivity index (χ3v) is 11.8. The van der Waals surface area contributed by atoms with Crippen LogP contribution in [-0.4, -0.2) is 52.9 Å². The molecule has 2 aliphatic heterocycles. The maximum Gasteiger partial charge on any atom is 0.309 e. The highest BCUT2D eigenvalue weighted by atomic mass is 32.2. The van der Waals surface area contributed by atoms with Crippen LogP contribution in [0.2, 0.25) is 0 Å². The summed E-state index contributed by atoms with van der Waals surface area (Å²) in [5.74, 6) is -0.755. The maximum atomic E-state index is 12.9. The first-order chi connectivity index (χ1) is 15.5. The van der Waals surface area contributed by atoms with Crippen LogP contribution in [0.4, 0.5) is 0 Å². The van der Waals surface area contributed by atoms with E-state index in [-0.39, 0.29) is 33.0 Å². The molecule has 0 amide bonds. The molecule has 2 aliphatic rings. The number of rotatable bonds is 14. The first-order valence-electron chi connectivity index (χ1n) is 12.8. The molecule has 5 nitrogen and oxygen atoms in total. The number of hydrogen-bond acceptors (Lipinski definition) is 4. The number of aliphatic hydroxyl groups is 1. The number of carbonyl (C=O) groups is 1. The summed E-state index contributed by atoms with van der Waals surface area (Å²) < 4.78 is 25.8. The standard InChI is InChI=1S/C26H46O5S2/c1-25(2,19-27)17-7-5-9-20-11-13-22(32(20)30)15-16-23-14-12-21(33(23)31)10-6-8-18-26(3,4)24(28)29/h15-16,20-23,27H,5-14,17-19H2,1-4H3,(H,28,29). The van der Waals surface area contributed by atoms with Gasteiger partial charge in [-0.05, 0) is 105 Å². The quantitative estimate of drug-likeness (QED) is 0.189. The van der Waals surface area contributed by atoms with Crippen LogP contribution in [0.1, 0.15) is 105 Å². The molecule has 2 N–H and O–H groups in total. The van der Waals surface area contributed by atoms with E-state index in [9.17, 15) is 24.1 Å². The molecule has 0 bridgehead atoms. The van der Waals surface area contributed by atoms with E-state index in [1.165, 1.54) is 0 Å². The molecule has 7 heteroatoms. The van der Waals surface area contributed by atoms with Crippen LogP contribution in [0.3, 0.4) is 0 Å². The van der Waals surface area contributed by atoms with E-state index >= 15 is 0 Å². The normalized spacial score (nSPS) is 31.0. The molecule has 0 spiro atoms. The highest BCUT2D eigenvalue weighted by Gasteiger charge is 2.39. The number of hydrogen-bond donors (Lipinski definition) is 2. The number of aliphatic carboxylic acids is 1. The summed E-state index contributed by atoms with van der Waals surface area (Å²) in [5.41, 5.74) is -0.713. The highest BCUT2D eigenvalue weighted by molar-refractivity contribution is 7.93. The van der Waals surface area contributed by atoms with Gasteiger partial charge < -0.3 is 19.3 Å². The Morgan fingerprint density at radius 3 is 1.73 bits per heavy atom. The zero-order chi connectivity index (χ0) is 24.6. The maximum absolute atomic E-state index is 12.9. The minimum absolute atomic E-state index is 0.0239. The van der Waals surface area contributed by atoms with Crippen molar-refractivity contribution >= 4 is 28.3 Å². The molecule has 0 aromatic heterocycles. The Hall–Kier alpha value is -0.210. The van der Waals surface area contributed by atoms with Gasteiger partial charge in [0.1, 0.15) is 21.0 Å². The molecule has 0 aromatic rings. The molecule has 0 aromatic carbocycles. The van der Waals surface area contributed by atoms with E-state index in [0.717, 1.165) is 70.6 Å². The average Bonchev–Trinajstić information content (AvgIpc) is 3.29. The monoisotopic (exact) mass is 502 g/mol. The van der Waals surface area contributed by atoms with Crippen LogP contribution in [0.15, 0.2) is 12.2 Å². The van der Waals surface area contributed by atoms with E-state index in [2.05, 4.69) is 26.0 Å². The molecule has 6 atom stereocenters. The predicted octanol–water partition coefficient (Wildman–Crippen LogP) is 5.35. The summed E-state index contributed by atoms with van der Waals surface area (Å²) in [6.45, 7) is 7.90. The number of aliphatic hydroxyl groups excluding tert-OH is 1. The first-order valence-corrected chi connectivity index (χ1v) is 15.3. The second-order valence-corrected chi connectivity index (χ2v) is 15.4. The van der Waals surface area contributed by atoms with Gasteiger partial charge in [0.15, 0.2) is 0 Å². The molecule has 2 rings (SSSR count). The van der Waals surface area contributed by atoms with Crippen LogP contribution < -0.4 is 0 Å². The summed E-state index contributed by atoms with van der Waals surface area (Å²) in [6, 6.07) is 0. The Morgan fingerprint density at radius 1 is 0.848 bits per heavy atom. The molecule has 2 heterocycles. The van der Waals surface area contributed by atoms with Gasteiger partial charge in [-0.3, -0.25) is 4.79 Å². The summed E-state index contributed by atoms with van der Waals surface area (Å²) in [6.07, 6.45) is 15.5. The zero-order valence-corrected chi connectivity index (χ0v) is 22.7. The topological polar surface area (TPSA) is 104 Å². The van der Waals surface area contributed by atoms with Gasteiger partial charge in [-0.15, -0.1) is 0 Å². The molecule has 33 heavy (non-hydrogen) atoms. The van der Waals surface area contributed by atoms with E-state index in [1.54, 1.807) is 13.8 Å². The summed E-state index contributed by atoms with van der Waals surface area (Å²) in [7, 11) is 0. The van der Waals surface area contributed by atoms with Crippen LogP contribution in [0.5, 0.6) is 0 Å². The Kier molecular flexibility index (Phi) is 11.6. The Balaban J connectivity index is 1.69. The largest absolute Gasteiger partial charge is 0.616 e. The smallest absolute Gasteiger partial charge is 0.309 e. The van der Waals surface area contributed by atoms with Crippen molar-refractivity contribution in [2.24, 2.45) is 10.8 Å². The van der Waals surface area contributed by atoms with Crippen molar-refractivity contribution in [3.8, 4) is 0 Å². The minimum Gasteiger partial charge on any atom is -0.616 e. The Morgan fingerprint density at radius 2 is 1.30 bits per heavy atom. The fourth-order valence-electron chi connectivity index (χ4n) is 4.88. The molecule has 192 valence electrons. The molecule has 6 unspecified atom stereocenters. The lowest BCUT2D eigenvalue weighted by atomic mass is 9.87. The van der Waals surface area contributed by atoms with Crippen LogP contribution >= 0.6 is 0 Å². The molecule has 0 radical (unpaired) electrons. The lowest BCUT2D eigenvalue weighted by Crippen LogP contribution is -2.25. The van der Waals surface area contributed by atoms with E-state index < -0.39 is 33.7 Å². The van der Waals surface area contributed by atoms with Gasteiger partial charge in [-0.1, -0.05) is 26.7 Å². The molecular weight excluding hydrogens is 456 g/mol. The molecule has 2 saturated heterocycles. The Bertz CT molecular complexity index is 636. The molecule has 0 aliphatic carbocycles. The fraction of sp³-hybridized carbons (Fsp3) is 0.885. The highest BCUT2D eigenvalue weighted by Crippen LogP contribution is 2.35. The number of carboxylic acids is 1. The zero-order valence-electron chi connectivity index (χ0n) is 21.1. The van der Waals surface area contributed by atoms with Gasteiger partial charge in [0.05, 0.1) is 5.41 Å². The molecule has 0 saturated carbocycles. The van der Waals surface area contributed by atoms with E-state index in [1.807, 2.05) is 0 Å². The second kappa shape index (κ2) is 13.2. The van der Waals surface area contributed by atoms with E-state index in [4.69, 9.17) is 0 Å². The van der Waals surface area contributed by atoms with Crippen molar-refractivity contribution < 1.29 is 24.1 Å². The van der Waals surface area contributed by atoms with Crippen molar-refractivity contribution in [3.63, 3.8) is 0 Å². The van der Waals surface area contributed by atoms with Crippen molar-refractivity contribution in [2.45, 2.75) is 126 Å². The lowest BCUT2D eigenvalue weighted by molar-refractivity contribution is -0.147. The lowest BCUT2D eigenvalue weighted by Gasteiger charge is -2.22. The minimum atomic E-state index is -0.890. The van der Waals surface area contributed by atoms with Crippen LogP contribution in [-0.2, 0) is 27.1 Å². The fourth-order valence-corrected chi connectivity index (χ4v) is 8.63. The van der Waals surface area contributed by atoms with Gasteiger partial charge in [0.2, 0.25) is 0 Å². The second-order valence-electron chi connectivity index (χ2n) is 11.5. The van der Waals surface area contributed by atoms with Gasteiger partial charge in [-0.2, -0.15) is 0 Å². The van der Waals surface area contributed by atoms with Gasteiger partial charge in [0.25, 0.3) is 0 Å². The SMILES string of the molecule is CC(C)(CO)CCCCC1CCC(C=CC2CCC(CCCCC(C)(C)C(=O)O)[S+]2[O-])[S+]1[O-]. The van der Waals surface area contributed by atoms with Crippen LogP contribution in [0.25, 0.3) is 0 Å². The Labute approximate surface area is 207 Å². The van der Waals surface area contributed by atoms with Crippen molar-refractivity contribution in [3.05, 3.63) is 12.2 Å². The number of unbranched alkanes of at least 4 members (excludes halogenated alkanes) is 2. The van der Waals surface area contributed by atoms with Crippen molar-refractivity contribution in [1.82, 2.24) is 0 Å². The summed E-state index contributed by atoms with van der Waals surface area (Å²) in [4.78, 5) is 11.2. The van der Waals surface area contributed by atoms with Crippen molar-refractivity contribution in [2.75, 3.05) is 6.61 Å². The molecular formula is C26H46O5S2.